The van der Waals surface area contributed by atoms with Crippen molar-refractivity contribution in [3.63, 3.8) is 0 Å². The minimum Gasteiger partial charge on any atom is -0.355 e. The van der Waals surface area contributed by atoms with E-state index in [1.807, 2.05) is 6.92 Å². The van der Waals surface area contributed by atoms with E-state index in [1.165, 1.54) is 0 Å². The van der Waals surface area contributed by atoms with E-state index in [0.717, 1.165) is 32.7 Å². The third-order valence-corrected chi connectivity index (χ3v) is 2.87. The standard InChI is InChI=1S/C11H24N4O/c1-10(12)9-13-11(16)3-4-15-7-5-14(2)6-8-15/h10H,3-9,12H2,1-2H3,(H,13,16). The molecule has 0 bridgehead atoms. The monoisotopic (exact) mass is 228 g/mol. The molecule has 5 heteroatoms. The van der Waals surface area contributed by atoms with Gasteiger partial charge < -0.3 is 20.9 Å². The maximum absolute atomic E-state index is 11.5. The van der Waals surface area contributed by atoms with Gasteiger partial charge in [-0.25, -0.2) is 0 Å². The Morgan fingerprint density at radius 2 is 2.00 bits per heavy atom. The van der Waals surface area contributed by atoms with Gasteiger partial charge in [0, 0.05) is 51.7 Å². The van der Waals surface area contributed by atoms with Gasteiger partial charge in [-0.2, -0.15) is 0 Å². The van der Waals surface area contributed by atoms with Gasteiger partial charge in [-0.1, -0.05) is 0 Å². The summed E-state index contributed by atoms with van der Waals surface area (Å²) in [5.74, 6) is 0.108. The molecular weight excluding hydrogens is 204 g/mol. The number of amides is 1. The number of piperazine rings is 1. The highest BCUT2D eigenvalue weighted by Gasteiger charge is 2.14. The van der Waals surface area contributed by atoms with Gasteiger partial charge in [-0.05, 0) is 14.0 Å². The predicted molar refractivity (Wildman–Crippen MR) is 65.2 cm³/mol. The lowest BCUT2D eigenvalue weighted by Crippen LogP contribution is -2.45. The number of hydrogen-bond acceptors (Lipinski definition) is 4. The lowest BCUT2D eigenvalue weighted by molar-refractivity contribution is -0.121. The summed E-state index contributed by atoms with van der Waals surface area (Å²) >= 11 is 0. The van der Waals surface area contributed by atoms with E-state index >= 15 is 0 Å². The number of carbonyl (C=O) groups is 1. The molecule has 1 rings (SSSR count). The van der Waals surface area contributed by atoms with Crippen LogP contribution in [0.2, 0.25) is 0 Å². The number of nitrogens with one attached hydrogen (secondary N) is 1. The van der Waals surface area contributed by atoms with Crippen LogP contribution in [-0.2, 0) is 4.79 Å². The van der Waals surface area contributed by atoms with Crippen LogP contribution in [0.25, 0.3) is 0 Å². The fraction of sp³-hybridized carbons (Fsp3) is 0.909. The summed E-state index contributed by atoms with van der Waals surface area (Å²) in [7, 11) is 2.13. The van der Waals surface area contributed by atoms with Crippen molar-refractivity contribution in [1.82, 2.24) is 15.1 Å². The van der Waals surface area contributed by atoms with Crippen LogP contribution in [0.5, 0.6) is 0 Å². The first-order chi connectivity index (χ1) is 7.58. The molecule has 1 heterocycles. The van der Waals surface area contributed by atoms with Gasteiger partial charge in [0.05, 0.1) is 0 Å². The van der Waals surface area contributed by atoms with E-state index in [4.69, 9.17) is 5.73 Å². The summed E-state index contributed by atoms with van der Waals surface area (Å²) in [4.78, 5) is 16.1. The SMILES string of the molecule is CC(N)CNC(=O)CCN1CCN(C)CC1. The molecule has 3 N–H and O–H groups in total. The second kappa shape index (κ2) is 6.83. The Bertz CT molecular complexity index is 212. The lowest BCUT2D eigenvalue weighted by atomic mass is 10.3. The average Bonchev–Trinajstić information content (AvgIpc) is 2.25. The van der Waals surface area contributed by atoms with E-state index in [9.17, 15) is 4.79 Å². The highest BCUT2D eigenvalue weighted by atomic mass is 16.1. The first-order valence-corrected chi connectivity index (χ1v) is 6.01. The normalized spacial score (nSPS) is 20.7. The van der Waals surface area contributed by atoms with Gasteiger partial charge in [0.25, 0.3) is 0 Å². The number of carbonyl (C=O) groups excluding carboxylic acids is 1. The van der Waals surface area contributed by atoms with Crippen molar-refractivity contribution in [2.24, 2.45) is 5.73 Å². The van der Waals surface area contributed by atoms with Crippen LogP contribution < -0.4 is 11.1 Å². The molecule has 0 radical (unpaired) electrons. The summed E-state index contributed by atoms with van der Waals surface area (Å²) in [6.07, 6.45) is 0.580. The van der Waals surface area contributed by atoms with Crippen LogP contribution in [0, 0.1) is 0 Å². The zero-order valence-corrected chi connectivity index (χ0v) is 10.4. The summed E-state index contributed by atoms with van der Waals surface area (Å²) in [5, 5.41) is 2.83. The van der Waals surface area contributed by atoms with Crippen molar-refractivity contribution in [2.75, 3.05) is 46.3 Å². The molecule has 1 amide bonds. The van der Waals surface area contributed by atoms with Crippen molar-refractivity contribution in [1.29, 1.82) is 0 Å². The first kappa shape index (κ1) is 13.4. The Balaban J connectivity index is 2.07. The van der Waals surface area contributed by atoms with Crippen molar-refractivity contribution < 1.29 is 4.79 Å². The molecule has 1 atom stereocenters. The fourth-order valence-corrected chi connectivity index (χ4v) is 1.69. The van der Waals surface area contributed by atoms with Crippen molar-refractivity contribution in [2.45, 2.75) is 19.4 Å². The van der Waals surface area contributed by atoms with E-state index in [2.05, 4.69) is 22.2 Å². The highest BCUT2D eigenvalue weighted by Crippen LogP contribution is 1.99. The molecule has 16 heavy (non-hydrogen) atoms. The van der Waals surface area contributed by atoms with E-state index in [-0.39, 0.29) is 11.9 Å². The minimum absolute atomic E-state index is 0.0348. The van der Waals surface area contributed by atoms with E-state index in [1.54, 1.807) is 0 Å². The molecule has 5 nitrogen and oxygen atoms in total. The molecule has 94 valence electrons. The lowest BCUT2D eigenvalue weighted by Gasteiger charge is -2.32. The molecule has 1 fully saturated rings. The second-order valence-corrected chi connectivity index (χ2v) is 4.68. The van der Waals surface area contributed by atoms with Gasteiger partial charge in [-0.15, -0.1) is 0 Å². The quantitative estimate of drug-likeness (QED) is 0.639. The molecule has 0 aliphatic carbocycles. The Morgan fingerprint density at radius 1 is 1.38 bits per heavy atom. The number of rotatable bonds is 5. The van der Waals surface area contributed by atoms with Crippen molar-refractivity contribution in [3.8, 4) is 0 Å². The maximum atomic E-state index is 11.5. The van der Waals surface area contributed by atoms with Crippen LogP contribution in [0.4, 0.5) is 0 Å². The molecule has 1 unspecified atom stereocenters. The second-order valence-electron chi connectivity index (χ2n) is 4.68. The van der Waals surface area contributed by atoms with Gasteiger partial charge in [-0.3, -0.25) is 4.79 Å². The average molecular weight is 228 g/mol. The Hall–Kier alpha value is -0.650. The Labute approximate surface area is 98.0 Å². The Morgan fingerprint density at radius 3 is 2.56 bits per heavy atom. The predicted octanol–water partition coefficient (Wildman–Crippen LogP) is -0.913. The van der Waals surface area contributed by atoms with Gasteiger partial charge >= 0.3 is 0 Å². The molecule has 0 saturated carbocycles. The van der Waals surface area contributed by atoms with E-state index < -0.39 is 0 Å². The summed E-state index contributed by atoms with van der Waals surface area (Å²) in [5.41, 5.74) is 5.56. The zero-order valence-electron chi connectivity index (χ0n) is 10.4. The van der Waals surface area contributed by atoms with Gasteiger partial charge in [0.1, 0.15) is 0 Å². The summed E-state index contributed by atoms with van der Waals surface area (Å²) < 4.78 is 0. The van der Waals surface area contributed by atoms with Crippen LogP contribution in [-0.4, -0.2) is 68.1 Å². The van der Waals surface area contributed by atoms with Crippen molar-refractivity contribution >= 4 is 5.91 Å². The number of nitrogens with two attached hydrogens (primary N) is 1. The largest absolute Gasteiger partial charge is 0.355 e. The van der Waals surface area contributed by atoms with Gasteiger partial charge in [0.2, 0.25) is 5.91 Å². The smallest absolute Gasteiger partial charge is 0.221 e. The zero-order chi connectivity index (χ0) is 12.0. The fourth-order valence-electron chi connectivity index (χ4n) is 1.69. The molecule has 0 aromatic rings. The molecule has 0 aromatic heterocycles. The van der Waals surface area contributed by atoms with Gasteiger partial charge in [0.15, 0.2) is 0 Å². The molecule has 1 aliphatic rings. The first-order valence-electron chi connectivity index (χ1n) is 6.01. The van der Waals surface area contributed by atoms with Crippen molar-refractivity contribution in [3.05, 3.63) is 0 Å². The third kappa shape index (κ3) is 5.44. The summed E-state index contributed by atoms with van der Waals surface area (Å²) in [6.45, 7) is 7.65. The van der Waals surface area contributed by atoms with E-state index in [0.29, 0.717) is 13.0 Å². The summed E-state index contributed by atoms with van der Waals surface area (Å²) in [6, 6.07) is 0.0348. The van der Waals surface area contributed by atoms with Crippen LogP contribution in [0.15, 0.2) is 0 Å². The topological polar surface area (TPSA) is 61.6 Å². The van der Waals surface area contributed by atoms with Crippen LogP contribution in [0.3, 0.4) is 0 Å². The number of likely N-dealkylation sites (N-methyl/N-ethyl adjacent to an activating group) is 1. The molecule has 0 spiro atoms. The van der Waals surface area contributed by atoms with Crippen LogP contribution in [0.1, 0.15) is 13.3 Å². The van der Waals surface area contributed by atoms with Crippen LogP contribution >= 0.6 is 0 Å². The molecular formula is C11H24N4O. The molecule has 0 aromatic carbocycles. The minimum atomic E-state index is 0.0348. The number of nitrogens with zero attached hydrogens (tertiary/aromatic N) is 2. The molecule has 1 saturated heterocycles. The molecule has 1 aliphatic heterocycles. The maximum Gasteiger partial charge on any atom is 0.221 e. The third-order valence-electron chi connectivity index (χ3n) is 2.87. The highest BCUT2D eigenvalue weighted by molar-refractivity contribution is 5.76. The Kier molecular flexibility index (Phi) is 5.73. The number of hydrogen-bond donors (Lipinski definition) is 2.